The second kappa shape index (κ2) is 4.33. The van der Waals surface area contributed by atoms with E-state index in [-0.39, 0.29) is 0 Å². The third-order valence-corrected chi connectivity index (χ3v) is 3.41. The summed E-state index contributed by atoms with van der Waals surface area (Å²) in [7, 11) is 1.79. The summed E-state index contributed by atoms with van der Waals surface area (Å²) in [4.78, 5) is 14.0. The summed E-state index contributed by atoms with van der Waals surface area (Å²) in [6.45, 7) is 1.99. The van der Waals surface area contributed by atoms with Crippen LogP contribution >= 0.6 is 0 Å². The Morgan fingerprint density at radius 1 is 1.35 bits per heavy atom. The highest BCUT2D eigenvalue weighted by Gasteiger charge is 2.21. The summed E-state index contributed by atoms with van der Waals surface area (Å²) in [5.41, 5.74) is 0.906. The van der Waals surface area contributed by atoms with E-state index in [2.05, 4.69) is 19.9 Å². The third kappa shape index (κ3) is 1.86. The predicted molar refractivity (Wildman–Crippen MR) is 66.1 cm³/mol. The zero-order chi connectivity index (χ0) is 11.7. The number of aromatic nitrogens is 3. The van der Waals surface area contributed by atoms with E-state index in [0.717, 1.165) is 42.8 Å². The molecule has 0 amide bonds. The molecule has 5 nitrogen and oxygen atoms in total. The minimum atomic E-state index is 0.398. The van der Waals surface area contributed by atoms with Gasteiger partial charge < -0.3 is 14.6 Å². The SMILES string of the molecule is COC1CCN(c2ncnc3[nH]ccc23)CC1. The number of methoxy groups -OCH3 is 1. The molecule has 90 valence electrons. The number of hydrogen-bond acceptors (Lipinski definition) is 4. The first-order valence-corrected chi connectivity index (χ1v) is 5.94. The van der Waals surface area contributed by atoms with Crippen LogP contribution in [0.15, 0.2) is 18.6 Å². The van der Waals surface area contributed by atoms with Gasteiger partial charge in [0.25, 0.3) is 0 Å². The largest absolute Gasteiger partial charge is 0.381 e. The van der Waals surface area contributed by atoms with Gasteiger partial charge >= 0.3 is 0 Å². The molecule has 1 aliphatic heterocycles. The van der Waals surface area contributed by atoms with Crippen LogP contribution in [0.5, 0.6) is 0 Å². The van der Waals surface area contributed by atoms with Gasteiger partial charge in [-0.15, -0.1) is 0 Å². The molecule has 17 heavy (non-hydrogen) atoms. The van der Waals surface area contributed by atoms with E-state index in [9.17, 15) is 0 Å². The van der Waals surface area contributed by atoms with Crippen molar-refractivity contribution in [3.8, 4) is 0 Å². The van der Waals surface area contributed by atoms with E-state index in [1.54, 1.807) is 13.4 Å². The molecular formula is C12H16N4O. The van der Waals surface area contributed by atoms with Gasteiger partial charge in [-0.25, -0.2) is 9.97 Å². The number of rotatable bonds is 2. The van der Waals surface area contributed by atoms with Gasteiger partial charge in [-0.3, -0.25) is 0 Å². The summed E-state index contributed by atoms with van der Waals surface area (Å²) in [6.07, 6.45) is 6.05. The van der Waals surface area contributed by atoms with Gasteiger partial charge in [0.15, 0.2) is 0 Å². The average Bonchev–Trinajstić information content (AvgIpc) is 2.87. The number of ether oxygens (including phenoxy) is 1. The highest BCUT2D eigenvalue weighted by atomic mass is 16.5. The molecule has 3 heterocycles. The van der Waals surface area contributed by atoms with E-state index in [1.807, 2.05) is 12.3 Å². The van der Waals surface area contributed by atoms with Crippen molar-refractivity contribution in [2.45, 2.75) is 18.9 Å². The molecule has 0 aromatic carbocycles. The molecule has 0 bridgehead atoms. The molecule has 0 unspecified atom stereocenters. The van der Waals surface area contributed by atoms with Gasteiger partial charge in [0.1, 0.15) is 17.8 Å². The van der Waals surface area contributed by atoms with E-state index in [4.69, 9.17) is 4.74 Å². The predicted octanol–water partition coefficient (Wildman–Crippen LogP) is 1.57. The molecule has 0 spiro atoms. The van der Waals surface area contributed by atoms with Crippen molar-refractivity contribution in [3.05, 3.63) is 18.6 Å². The molecule has 1 saturated heterocycles. The van der Waals surface area contributed by atoms with Crippen molar-refractivity contribution in [1.82, 2.24) is 15.0 Å². The van der Waals surface area contributed by atoms with Gasteiger partial charge in [-0.2, -0.15) is 0 Å². The first kappa shape index (κ1) is 10.5. The molecule has 0 saturated carbocycles. The Bertz CT molecular complexity index is 502. The van der Waals surface area contributed by atoms with E-state index < -0.39 is 0 Å². The second-order valence-corrected chi connectivity index (χ2v) is 4.36. The van der Waals surface area contributed by atoms with Crippen molar-refractivity contribution in [2.24, 2.45) is 0 Å². The molecule has 0 aliphatic carbocycles. The van der Waals surface area contributed by atoms with Crippen LogP contribution in [-0.4, -0.2) is 41.3 Å². The first-order chi connectivity index (χ1) is 8.38. The minimum absolute atomic E-state index is 0.398. The smallest absolute Gasteiger partial charge is 0.142 e. The lowest BCUT2D eigenvalue weighted by Gasteiger charge is -2.32. The van der Waals surface area contributed by atoms with Gasteiger partial charge in [-0.1, -0.05) is 0 Å². The topological polar surface area (TPSA) is 54.0 Å². The molecular weight excluding hydrogens is 216 g/mol. The van der Waals surface area contributed by atoms with Crippen LogP contribution in [0.1, 0.15) is 12.8 Å². The van der Waals surface area contributed by atoms with Gasteiger partial charge in [-0.05, 0) is 18.9 Å². The monoisotopic (exact) mass is 232 g/mol. The lowest BCUT2D eigenvalue weighted by atomic mass is 10.1. The molecule has 1 N–H and O–H groups in total. The normalized spacial score (nSPS) is 17.8. The molecule has 2 aromatic heterocycles. The van der Waals surface area contributed by atoms with Crippen LogP contribution in [0, 0.1) is 0 Å². The van der Waals surface area contributed by atoms with E-state index in [1.165, 1.54) is 0 Å². The fourth-order valence-electron chi connectivity index (χ4n) is 2.41. The van der Waals surface area contributed by atoms with Crippen molar-refractivity contribution >= 4 is 16.9 Å². The average molecular weight is 232 g/mol. The minimum Gasteiger partial charge on any atom is -0.381 e. The molecule has 5 heteroatoms. The number of nitrogens with zero attached hydrogens (tertiary/aromatic N) is 3. The Kier molecular flexibility index (Phi) is 2.68. The second-order valence-electron chi connectivity index (χ2n) is 4.36. The zero-order valence-electron chi connectivity index (χ0n) is 9.89. The lowest BCUT2D eigenvalue weighted by Crippen LogP contribution is -2.37. The van der Waals surface area contributed by atoms with Crippen LogP contribution in [0.2, 0.25) is 0 Å². The molecule has 1 aliphatic rings. The maximum absolute atomic E-state index is 5.38. The Labute approximate surface area is 99.8 Å². The van der Waals surface area contributed by atoms with E-state index >= 15 is 0 Å². The highest BCUT2D eigenvalue weighted by Crippen LogP contribution is 2.25. The summed E-state index contributed by atoms with van der Waals surface area (Å²) >= 11 is 0. The van der Waals surface area contributed by atoms with Crippen molar-refractivity contribution in [1.29, 1.82) is 0 Å². The van der Waals surface area contributed by atoms with Crippen LogP contribution in [0.25, 0.3) is 11.0 Å². The number of hydrogen-bond donors (Lipinski definition) is 1. The Morgan fingerprint density at radius 3 is 2.94 bits per heavy atom. The molecule has 2 aromatic rings. The first-order valence-electron chi connectivity index (χ1n) is 5.94. The lowest BCUT2D eigenvalue weighted by molar-refractivity contribution is 0.0818. The van der Waals surface area contributed by atoms with Gasteiger partial charge in [0.05, 0.1) is 11.5 Å². The van der Waals surface area contributed by atoms with Gasteiger partial charge in [0.2, 0.25) is 0 Å². The fourth-order valence-corrected chi connectivity index (χ4v) is 2.41. The number of anilines is 1. The van der Waals surface area contributed by atoms with Crippen molar-refractivity contribution in [2.75, 3.05) is 25.1 Å². The number of nitrogens with one attached hydrogen (secondary N) is 1. The van der Waals surface area contributed by atoms with Crippen LogP contribution in [-0.2, 0) is 4.74 Å². The maximum Gasteiger partial charge on any atom is 0.142 e. The summed E-state index contributed by atoms with van der Waals surface area (Å²) in [6, 6.07) is 2.03. The van der Waals surface area contributed by atoms with Crippen molar-refractivity contribution in [3.63, 3.8) is 0 Å². The Morgan fingerprint density at radius 2 is 2.18 bits per heavy atom. The quantitative estimate of drug-likeness (QED) is 0.854. The number of fused-ring (bicyclic) bond motifs is 1. The van der Waals surface area contributed by atoms with Crippen LogP contribution in [0.3, 0.4) is 0 Å². The van der Waals surface area contributed by atoms with Gasteiger partial charge in [0, 0.05) is 26.4 Å². The molecule has 0 atom stereocenters. The zero-order valence-corrected chi connectivity index (χ0v) is 9.89. The summed E-state index contributed by atoms with van der Waals surface area (Å²) in [5, 5.41) is 1.10. The molecule has 0 radical (unpaired) electrons. The number of piperidine rings is 1. The Hall–Kier alpha value is -1.62. The third-order valence-electron chi connectivity index (χ3n) is 3.41. The number of aromatic amines is 1. The highest BCUT2D eigenvalue weighted by molar-refractivity contribution is 5.87. The summed E-state index contributed by atoms with van der Waals surface area (Å²) in [5.74, 6) is 1.03. The fraction of sp³-hybridized carbons (Fsp3) is 0.500. The Balaban J connectivity index is 1.87. The standard InChI is InChI=1S/C12H16N4O/c1-17-9-3-6-16(7-4-9)12-10-2-5-13-11(10)14-8-15-12/h2,5,8-9H,3-4,6-7H2,1H3,(H,13,14,15). The maximum atomic E-state index is 5.38. The van der Waals surface area contributed by atoms with Crippen molar-refractivity contribution < 1.29 is 4.74 Å². The molecule has 1 fully saturated rings. The van der Waals surface area contributed by atoms with Crippen LogP contribution in [0.4, 0.5) is 5.82 Å². The van der Waals surface area contributed by atoms with Crippen LogP contribution < -0.4 is 4.90 Å². The number of H-pyrrole nitrogens is 1. The summed E-state index contributed by atoms with van der Waals surface area (Å²) < 4.78 is 5.38. The van der Waals surface area contributed by atoms with E-state index in [0.29, 0.717) is 6.10 Å². The molecule has 3 rings (SSSR count).